The van der Waals surface area contributed by atoms with Crippen molar-refractivity contribution in [2.24, 2.45) is 0 Å². The number of H-pyrrole nitrogens is 1. The molecule has 1 aliphatic rings. The second-order valence-electron chi connectivity index (χ2n) is 12.8. The first-order valence-corrected chi connectivity index (χ1v) is 17.7. The van der Waals surface area contributed by atoms with E-state index in [2.05, 4.69) is 36.1 Å². The summed E-state index contributed by atoms with van der Waals surface area (Å²) in [5.74, 6) is -2.04. The highest BCUT2D eigenvalue weighted by Crippen LogP contribution is 2.24. The van der Waals surface area contributed by atoms with Crippen molar-refractivity contribution in [1.29, 1.82) is 0 Å². The molecule has 16 heteroatoms. The smallest absolute Gasteiger partial charge is 0.272 e. The lowest BCUT2D eigenvalue weighted by Crippen LogP contribution is -2.52. The lowest BCUT2D eigenvalue weighted by atomic mass is 10.0. The van der Waals surface area contributed by atoms with Gasteiger partial charge in [-0.1, -0.05) is 30.3 Å². The summed E-state index contributed by atoms with van der Waals surface area (Å²) < 4.78 is 20.5. The normalized spacial score (nSPS) is 12.8. The average molecular weight is 750 g/mol. The summed E-state index contributed by atoms with van der Waals surface area (Å²) in [6.07, 6.45) is 5.14. The maximum Gasteiger partial charge on any atom is 0.272 e. The molecule has 3 aromatic heterocycles. The molecule has 0 saturated carbocycles. The number of rotatable bonds is 14. The van der Waals surface area contributed by atoms with E-state index in [1.165, 1.54) is 24.0 Å². The number of aromatic nitrogens is 4. The summed E-state index contributed by atoms with van der Waals surface area (Å²) in [5, 5.41) is 16.3. The first kappa shape index (κ1) is 38.3. The fourth-order valence-electron chi connectivity index (χ4n) is 6.17. The standard InChI is InChI=1S/C39H40FN9O6/c1-25(50)45-34-21-28(27-5-4-10-41-22-27)23-44-36(34)38(53)43-12-18-55-17-11-42-24-35(51)48-13-15-49(16-14-48)39(54)31-19-26(8-9-32(31)40)20-33-29-6-2-3-7-30(29)37(52)47-46-33/h2-10,19,21-23,42H,11-18,20,24H2,1H3,(H,43,53)(H,45,50)(H,47,52). The zero-order chi connectivity index (χ0) is 38.7. The zero-order valence-electron chi connectivity index (χ0n) is 30.1. The van der Waals surface area contributed by atoms with Crippen LogP contribution in [0.5, 0.6) is 0 Å². The Bertz CT molecular complexity index is 2240. The molecule has 1 aliphatic heterocycles. The van der Waals surface area contributed by atoms with Gasteiger partial charge in [-0.3, -0.25) is 29.0 Å². The number of ether oxygens (including phenoxy) is 1. The van der Waals surface area contributed by atoms with Crippen molar-refractivity contribution in [3.63, 3.8) is 0 Å². The molecular formula is C39H40FN9O6. The van der Waals surface area contributed by atoms with Crippen LogP contribution < -0.4 is 21.5 Å². The molecule has 1 fully saturated rings. The largest absolute Gasteiger partial charge is 0.378 e. The molecular weight excluding hydrogens is 709 g/mol. The maximum absolute atomic E-state index is 14.9. The number of hydrogen-bond donors (Lipinski definition) is 4. The van der Waals surface area contributed by atoms with E-state index in [1.54, 1.807) is 59.9 Å². The van der Waals surface area contributed by atoms with E-state index >= 15 is 0 Å². The number of pyridine rings is 2. The fourth-order valence-corrected chi connectivity index (χ4v) is 6.17. The van der Waals surface area contributed by atoms with Crippen molar-refractivity contribution < 1.29 is 28.3 Å². The van der Waals surface area contributed by atoms with E-state index < -0.39 is 17.6 Å². The molecule has 0 bridgehead atoms. The van der Waals surface area contributed by atoms with Gasteiger partial charge in [-0.2, -0.15) is 5.10 Å². The Kier molecular flexibility index (Phi) is 12.6. The van der Waals surface area contributed by atoms with E-state index in [0.717, 1.165) is 5.56 Å². The quantitative estimate of drug-likeness (QED) is 0.123. The Morgan fingerprint density at radius 2 is 1.65 bits per heavy atom. The highest BCUT2D eigenvalue weighted by molar-refractivity contribution is 6.02. The third kappa shape index (κ3) is 9.78. The van der Waals surface area contributed by atoms with Gasteiger partial charge in [0, 0.05) is 87.7 Å². The molecule has 5 aromatic rings. The van der Waals surface area contributed by atoms with Crippen LogP contribution in [0.3, 0.4) is 0 Å². The van der Waals surface area contributed by atoms with E-state index in [0.29, 0.717) is 53.8 Å². The number of halogens is 1. The third-order valence-electron chi connectivity index (χ3n) is 8.97. The van der Waals surface area contributed by atoms with Crippen LogP contribution in [-0.4, -0.2) is 113 Å². The first-order valence-electron chi connectivity index (χ1n) is 17.7. The van der Waals surface area contributed by atoms with Crippen molar-refractivity contribution in [3.8, 4) is 11.1 Å². The van der Waals surface area contributed by atoms with Gasteiger partial charge in [0.2, 0.25) is 11.8 Å². The highest BCUT2D eigenvalue weighted by atomic mass is 19.1. The number of nitrogens with one attached hydrogen (secondary N) is 4. The lowest BCUT2D eigenvalue weighted by molar-refractivity contribution is -0.131. The molecule has 15 nitrogen and oxygen atoms in total. The lowest BCUT2D eigenvalue weighted by Gasteiger charge is -2.35. The molecule has 4 amide bonds. The molecule has 6 rings (SSSR count). The van der Waals surface area contributed by atoms with Gasteiger partial charge in [-0.25, -0.2) is 14.5 Å². The number of carbonyl (C=O) groups is 4. The van der Waals surface area contributed by atoms with Crippen LogP contribution in [0, 0.1) is 5.82 Å². The predicted octanol–water partition coefficient (Wildman–Crippen LogP) is 2.39. The molecule has 0 unspecified atom stereocenters. The number of benzene rings is 2. The van der Waals surface area contributed by atoms with Crippen molar-refractivity contribution in [3.05, 3.63) is 118 Å². The Morgan fingerprint density at radius 3 is 2.42 bits per heavy atom. The van der Waals surface area contributed by atoms with Crippen molar-refractivity contribution in [1.82, 2.24) is 40.6 Å². The van der Waals surface area contributed by atoms with E-state index in [9.17, 15) is 28.4 Å². The third-order valence-corrected chi connectivity index (χ3v) is 8.97. The number of fused-ring (bicyclic) bond motifs is 1. The van der Waals surface area contributed by atoms with Crippen LogP contribution in [-0.2, 0) is 20.7 Å². The molecule has 0 aliphatic carbocycles. The van der Waals surface area contributed by atoms with Crippen LogP contribution in [0.15, 0.2) is 84.0 Å². The number of piperazine rings is 1. The number of carbonyl (C=O) groups excluding carboxylic acids is 4. The molecule has 0 radical (unpaired) electrons. The molecule has 284 valence electrons. The summed E-state index contributed by atoms with van der Waals surface area (Å²) in [6, 6.07) is 16.7. The van der Waals surface area contributed by atoms with Crippen LogP contribution in [0.2, 0.25) is 0 Å². The Morgan fingerprint density at radius 1 is 0.891 bits per heavy atom. The van der Waals surface area contributed by atoms with Crippen LogP contribution in [0.25, 0.3) is 21.9 Å². The van der Waals surface area contributed by atoms with Gasteiger partial charge in [-0.15, -0.1) is 0 Å². The number of anilines is 1. The summed E-state index contributed by atoms with van der Waals surface area (Å²) in [4.78, 5) is 74.5. The first-order chi connectivity index (χ1) is 26.7. The molecule has 0 atom stereocenters. The molecule has 4 heterocycles. The molecule has 2 aromatic carbocycles. The van der Waals surface area contributed by atoms with E-state index in [1.807, 2.05) is 12.1 Å². The van der Waals surface area contributed by atoms with Gasteiger partial charge >= 0.3 is 0 Å². The number of hydrogen-bond acceptors (Lipinski definition) is 10. The summed E-state index contributed by atoms with van der Waals surface area (Å²) in [6.45, 7) is 3.64. The monoisotopic (exact) mass is 749 g/mol. The van der Waals surface area contributed by atoms with E-state index in [4.69, 9.17) is 4.74 Å². The maximum atomic E-state index is 14.9. The number of nitrogens with zero attached hydrogens (tertiary/aromatic N) is 5. The molecule has 0 spiro atoms. The summed E-state index contributed by atoms with van der Waals surface area (Å²) >= 11 is 0. The molecule has 4 N–H and O–H groups in total. The molecule has 55 heavy (non-hydrogen) atoms. The van der Waals surface area contributed by atoms with Gasteiger partial charge in [-0.05, 0) is 35.9 Å². The second-order valence-corrected chi connectivity index (χ2v) is 12.8. The molecule has 1 saturated heterocycles. The Labute approximate surface area is 315 Å². The minimum atomic E-state index is -0.639. The van der Waals surface area contributed by atoms with E-state index in [-0.39, 0.29) is 73.5 Å². The minimum Gasteiger partial charge on any atom is -0.378 e. The van der Waals surface area contributed by atoms with Gasteiger partial charge in [0.25, 0.3) is 17.4 Å². The SMILES string of the molecule is CC(=O)Nc1cc(-c2cccnc2)cnc1C(=O)NCCOCCNCC(=O)N1CCN(C(=O)c2cc(Cc3n[nH]c(=O)c4ccccc34)ccc2F)CC1. The summed E-state index contributed by atoms with van der Waals surface area (Å²) in [7, 11) is 0. The number of aromatic amines is 1. The summed E-state index contributed by atoms with van der Waals surface area (Å²) in [5.41, 5.74) is 2.75. The second kappa shape index (κ2) is 18.1. The minimum absolute atomic E-state index is 0.0610. The topological polar surface area (TPSA) is 192 Å². The van der Waals surface area contributed by atoms with Crippen molar-refractivity contribution in [2.75, 3.05) is 64.3 Å². The van der Waals surface area contributed by atoms with Gasteiger partial charge in [0.15, 0.2) is 5.69 Å². The zero-order valence-corrected chi connectivity index (χ0v) is 30.1. The van der Waals surface area contributed by atoms with Crippen LogP contribution in [0.1, 0.15) is 39.0 Å². The average Bonchev–Trinajstić information content (AvgIpc) is 3.20. The van der Waals surface area contributed by atoms with Crippen molar-refractivity contribution in [2.45, 2.75) is 13.3 Å². The van der Waals surface area contributed by atoms with Crippen LogP contribution in [0.4, 0.5) is 10.1 Å². The highest BCUT2D eigenvalue weighted by Gasteiger charge is 2.26. The van der Waals surface area contributed by atoms with Gasteiger partial charge in [0.1, 0.15) is 5.82 Å². The Balaban J connectivity index is 0.894. The van der Waals surface area contributed by atoms with Gasteiger partial charge in [0.05, 0.1) is 42.1 Å². The number of amides is 4. The fraction of sp³-hybridized carbons (Fsp3) is 0.282. The Hall–Kier alpha value is -6.39. The van der Waals surface area contributed by atoms with Gasteiger partial charge < -0.3 is 30.5 Å². The van der Waals surface area contributed by atoms with Crippen LogP contribution >= 0.6 is 0 Å². The van der Waals surface area contributed by atoms with Crippen molar-refractivity contribution >= 4 is 40.1 Å². The predicted molar refractivity (Wildman–Crippen MR) is 202 cm³/mol.